The van der Waals surface area contributed by atoms with E-state index in [4.69, 9.17) is 0 Å². The summed E-state index contributed by atoms with van der Waals surface area (Å²) in [6, 6.07) is 38.7. The lowest BCUT2D eigenvalue weighted by Crippen LogP contribution is -1.97. The summed E-state index contributed by atoms with van der Waals surface area (Å²) < 4.78 is 0. The van der Waals surface area contributed by atoms with Crippen molar-refractivity contribution in [2.24, 2.45) is 0 Å². The molecule has 0 aromatic heterocycles. The van der Waals surface area contributed by atoms with Crippen molar-refractivity contribution in [3.05, 3.63) is 143 Å². The van der Waals surface area contributed by atoms with Crippen LogP contribution in [0.2, 0.25) is 0 Å². The lowest BCUT2D eigenvalue weighted by molar-refractivity contribution is 1.44. The Balaban J connectivity index is 2.04. The fourth-order valence-corrected chi connectivity index (χ4v) is 3.71. The van der Waals surface area contributed by atoms with Crippen molar-refractivity contribution in [1.29, 1.82) is 0 Å². The molecule has 0 heteroatoms. The number of aryl methyl sites for hydroxylation is 1. The van der Waals surface area contributed by atoms with Crippen molar-refractivity contribution in [1.82, 2.24) is 0 Å². The molecule has 0 saturated heterocycles. The van der Waals surface area contributed by atoms with Gasteiger partial charge in [0.25, 0.3) is 0 Å². The van der Waals surface area contributed by atoms with Gasteiger partial charge in [0.15, 0.2) is 0 Å². The molecule has 30 heavy (non-hydrogen) atoms. The molecular formula is C30H24. The van der Waals surface area contributed by atoms with E-state index in [1.165, 1.54) is 39.0 Å². The number of hydrogen-bond donors (Lipinski definition) is 0. The molecule has 0 spiro atoms. The van der Waals surface area contributed by atoms with Crippen LogP contribution in [0.4, 0.5) is 0 Å². The molecule has 144 valence electrons. The quantitative estimate of drug-likeness (QED) is 0.254. The number of rotatable bonds is 4. The molecule has 0 atom stereocenters. The molecule has 0 unspecified atom stereocenters. The maximum Gasteiger partial charge on any atom is 0.0245 e. The second-order valence-electron chi connectivity index (χ2n) is 7.30. The van der Waals surface area contributed by atoms with Gasteiger partial charge in [-0.1, -0.05) is 109 Å². The van der Waals surface area contributed by atoms with Crippen LogP contribution in [-0.4, -0.2) is 0 Å². The first-order valence-corrected chi connectivity index (χ1v) is 10.2. The van der Waals surface area contributed by atoms with Crippen molar-refractivity contribution in [2.75, 3.05) is 0 Å². The maximum atomic E-state index is 3.15. The monoisotopic (exact) mass is 384 g/mol. The van der Waals surface area contributed by atoms with Crippen LogP contribution < -0.4 is 0 Å². The Morgan fingerprint density at radius 3 is 1.33 bits per heavy atom. The zero-order chi connectivity index (χ0) is 20.8. The van der Waals surface area contributed by atoms with Gasteiger partial charge in [-0.3, -0.25) is 0 Å². The summed E-state index contributed by atoms with van der Waals surface area (Å²) in [5.41, 5.74) is 9.55. The van der Waals surface area contributed by atoms with Crippen molar-refractivity contribution in [3.8, 4) is 11.8 Å². The summed E-state index contributed by atoms with van der Waals surface area (Å²) in [7, 11) is 0. The lowest BCUT2D eigenvalue weighted by atomic mass is 9.85. The van der Waals surface area contributed by atoms with Crippen LogP contribution in [0.1, 0.15) is 40.3 Å². The van der Waals surface area contributed by atoms with E-state index in [-0.39, 0.29) is 0 Å². The topological polar surface area (TPSA) is 0 Å². The largest absolute Gasteiger partial charge is 0.101 e. The summed E-state index contributed by atoms with van der Waals surface area (Å²) in [6.07, 6.45) is 0. The van der Waals surface area contributed by atoms with Gasteiger partial charge in [-0.2, -0.15) is 0 Å². The summed E-state index contributed by atoms with van der Waals surface area (Å²) in [6.45, 7) is 4.00. The zero-order valence-corrected chi connectivity index (χ0v) is 17.4. The Hall–Kier alpha value is -3.82. The third-order valence-corrected chi connectivity index (χ3v) is 5.16. The molecule has 0 N–H and O–H groups in total. The first-order valence-electron chi connectivity index (χ1n) is 10.2. The Morgan fingerprint density at radius 2 is 0.900 bits per heavy atom. The van der Waals surface area contributed by atoms with Crippen LogP contribution in [-0.2, 0) is 0 Å². The lowest BCUT2D eigenvalue weighted by Gasteiger charge is -2.18. The first-order chi connectivity index (χ1) is 14.8. The Kier molecular flexibility index (Phi) is 5.93. The average Bonchev–Trinajstić information content (AvgIpc) is 2.80. The number of hydrogen-bond acceptors (Lipinski definition) is 0. The predicted octanol–water partition coefficient (Wildman–Crippen LogP) is 7.37. The first kappa shape index (κ1) is 19.5. The van der Waals surface area contributed by atoms with Gasteiger partial charge in [-0.05, 0) is 59.4 Å². The van der Waals surface area contributed by atoms with E-state index < -0.39 is 0 Å². The molecule has 0 aliphatic rings. The fraction of sp³-hybridized carbons (Fsp3) is 0.0667. The van der Waals surface area contributed by atoms with Crippen LogP contribution in [0, 0.1) is 18.8 Å². The van der Waals surface area contributed by atoms with Crippen LogP contribution >= 0.6 is 0 Å². The minimum absolute atomic E-state index is 1.03. The molecule has 0 nitrogen and oxygen atoms in total. The molecule has 0 bridgehead atoms. The summed E-state index contributed by atoms with van der Waals surface area (Å²) >= 11 is 0. The van der Waals surface area contributed by atoms with Gasteiger partial charge >= 0.3 is 0 Å². The Labute approximate surface area is 179 Å². The molecule has 4 rings (SSSR count). The third-order valence-electron chi connectivity index (χ3n) is 5.16. The number of benzene rings is 4. The van der Waals surface area contributed by atoms with Gasteiger partial charge in [0, 0.05) is 5.56 Å². The van der Waals surface area contributed by atoms with Crippen molar-refractivity contribution in [2.45, 2.75) is 13.8 Å². The van der Waals surface area contributed by atoms with Crippen LogP contribution in [0.25, 0.3) is 11.1 Å². The van der Waals surface area contributed by atoms with Gasteiger partial charge < -0.3 is 0 Å². The van der Waals surface area contributed by atoms with Crippen molar-refractivity contribution in [3.63, 3.8) is 0 Å². The van der Waals surface area contributed by atoms with Gasteiger partial charge in [0.05, 0.1) is 0 Å². The van der Waals surface area contributed by atoms with E-state index in [0.29, 0.717) is 0 Å². The molecule has 0 aliphatic carbocycles. The van der Waals surface area contributed by atoms with Gasteiger partial charge in [-0.15, -0.1) is 5.92 Å². The summed E-state index contributed by atoms with van der Waals surface area (Å²) in [5.74, 6) is 6.13. The highest BCUT2D eigenvalue weighted by molar-refractivity contribution is 6.04. The van der Waals surface area contributed by atoms with Crippen molar-refractivity contribution < 1.29 is 0 Å². The van der Waals surface area contributed by atoms with E-state index in [2.05, 4.69) is 128 Å². The second-order valence-corrected chi connectivity index (χ2v) is 7.30. The fourth-order valence-electron chi connectivity index (χ4n) is 3.71. The van der Waals surface area contributed by atoms with E-state index in [1.807, 2.05) is 6.92 Å². The highest BCUT2D eigenvalue weighted by Crippen LogP contribution is 2.36. The molecule has 4 aromatic rings. The van der Waals surface area contributed by atoms with E-state index in [9.17, 15) is 0 Å². The molecule has 0 heterocycles. The Bertz CT molecular complexity index is 1200. The molecule has 4 aromatic carbocycles. The molecule has 0 amide bonds. The summed E-state index contributed by atoms with van der Waals surface area (Å²) in [4.78, 5) is 0. The maximum absolute atomic E-state index is 3.15. The summed E-state index contributed by atoms with van der Waals surface area (Å²) in [5, 5.41) is 0. The zero-order valence-electron chi connectivity index (χ0n) is 17.4. The van der Waals surface area contributed by atoms with Crippen molar-refractivity contribution >= 4 is 11.1 Å². The predicted molar refractivity (Wildman–Crippen MR) is 128 cm³/mol. The molecular weight excluding hydrogens is 360 g/mol. The highest BCUT2D eigenvalue weighted by Gasteiger charge is 2.16. The van der Waals surface area contributed by atoms with E-state index >= 15 is 0 Å². The minimum Gasteiger partial charge on any atom is -0.101 e. The third kappa shape index (κ3) is 4.27. The van der Waals surface area contributed by atoms with Crippen LogP contribution in [0.3, 0.4) is 0 Å². The van der Waals surface area contributed by atoms with Gasteiger partial charge in [0.2, 0.25) is 0 Å². The van der Waals surface area contributed by atoms with E-state index in [0.717, 1.165) is 5.56 Å². The average molecular weight is 385 g/mol. The normalized spacial score (nSPS) is 11.3. The van der Waals surface area contributed by atoms with Crippen LogP contribution in [0.15, 0.2) is 109 Å². The van der Waals surface area contributed by atoms with Crippen LogP contribution in [0.5, 0.6) is 0 Å². The van der Waals surface area contributed by atoms with Gasteiger partial charge in [-0.25, -0.2) is 0 Å². The Morgan fingerprint density at radius 1 is 0.500 bits per heavy atom. The molecule has 0 saturated carbocycles. The molecule has 0 aliphatic heterocycles. The standard InChI is InChI=1S/C30H24/c1-3-10-24-17-21-28(22-18-24)30(26-13-8-5-9-14-26)29(25-11-6-4-7-12-25)27-19-15-23(2)16-20-27/h4-9,11-22H,1-2H3/b30-29+. The second kappa shape index (κ2) is 9.12. The van der Waals surface area contributed by atoms with Gasteiger partial charge in [0.1, 0.15) is 0 Å². The molecule has 0 radical (unpaired) electrons. The highest BCUT2D eigenvalue weighted by atomic mass is 14.2. The molecule has 0 fully saturated rings. The van der Waals surface area contributed by atoms with E-state index in [1.54, 1.807) is 0 Å². The minimum atomic E-state index is 1.03. The smallest absolute Gasteiger partial charge is 0.0245 e. The SMILES string of the molecule is CC#Cc1ccc(/C(=C(\c2ccccc2)c2ccc(C)cc2)c2ccccc2)cc1.